The fourth-order valence-corrected chi connectivity index (χ4v) is 3.15. The Morgan fingerprint density at radius 1 is 1.27 bits per heavy atom. The van der Waals surface area contributed by atoms with Crippen LogP contribution in [-0.2, 0) is 6.42 Å². The lowest BCUT2D eigenvalue weighted by Crippen LogP contribution is -2.23. The van der Waals surface area contributed by atoms with E-state index in [0.717, 1.165) is 11.1 Å². The predicted octanol–water partition coefficient (Wildman–Crippen LogP) is 4.47. The Bertz CT molecular complexity index is 757. The molecular weight excluding hydrogens is 288 g/mol. The zero-order chi connectivity index (χ0) is 15.9. The number of benzene rings is 1. The molecule has 5 heteroatoms. The smallest absolute Gasteiger partial charge is 0.248 e. The molecule has 1 heterocycles. The van der Waals surface area contributed by atoms with Crippen molar-refractivity contribution in [3.05, 3.63) is 34.9 Å². The minimum atomic E-state index is -2.57. The van der Waals surface area contributed by atoms with Crippen LogP contribution in [0.25, 0.3) is 11.0 Å². The highest BCUT2D eigenvalue weighted by molar-refractivity contribution is 5.84. The second-order valence-electron chi connectivity index (χ2n) is 6.04. The maximum absolute atomic E-state index is 13.3. The number of halogens is 2. The molecule has 0 unspecified atom stereocenters. The van der Waals surface area contributed by atoms with Gasteiger partial charge < -0.3 is 9.52 Å². The number of aromatic hydroxyl groups is 1. The van der Waals surface area contributed by atoms with Crippen molar-refractivity contribution in [2.24, 2.45) is 0 Å². The summed E-state index contributed by atoms with van der Waals surface area (Å²) >= 11 is 0. The number of rotatable bonds is 2. The number of hydrogen-bond acceptors (Lipinski definition) is 3. The summed E-state index contributed by atoms with van der Waals surface area (Å²) in [6, 6.07) is 5.19. The molecule has 0 amide bonds. The maximum Gasteiger partial charge on any atom is 0.248 e. The van der Waals surface area contributed by atoms with Crippen molar-refractivity contribution in [3.8, 4) is 5.75 Å². The quantitative estimate of drug-likeness (QED) is 0.860. The summed E-state index contributed by atoms with van der Waals surface area (Å²) in [6.07, 6.45) is 1.22. The first-order valence-electron chi connectivity index (χ1n) is 7.61. The van der Waals surface area contributed by atoms with Gasteiger partial charge in [0.05, 0.1) is 5.39 Å². The van der Waals surface area contributed by atoms with E-state index in [4.69, 9.17) is 9.83 Å². The van der Waals surface area contributed by atoms with Crippen LogP contribution in [0.1, 0.15) is 49.7 Å². The Morgan fingerprint density at radius 3 is 2.59 bits per heavy atom. The molecule has 0 radical (unpaired) electrons. The van der Waals surface area contributed by atoms with Crippen LogP contribution in [0, 0.1) is 5.41 Å². The molecular formula is C17H19F2NO2. The molecule has 3 nitrogen and oxygen atoms in total. The molecule has 1 aliphatic carbocycles. The zero-order valence-corrected chi connectivity index (χ0v) is 12.5. The lowest BCUT2D eigenvalue weighted by molar-refractivity contribution is -0.0382. The van der Waals surface area contributed by atoms with Gasteiger partial charge >= 0.3 is 0 Å². The fraction of sp³-hybridized carbons (Fsp3) is 0.471. The standard InChI is InChI=1S/C17H19F2NO2/c1-2-10-7-13-14(21)8-12(9-15(13)22-16(10)20)11-3-5-17(18,19)6-4-11/h7-9,11,20-21H,2-6H2,1H3. The van der Waals surface area contributed by atoms with E-state index in [-0.39, 0.29) is 30.1 Å². The lowest BCUT2D eigenvalue weighted by atomic mass is 9.82. The van der Waals surface area contributed by atoms with Gasteiger partial charge in [-0.25, -0.2) is 8.78 Å². The number of aryl methyl sites for hydroxylation is 1. The molecule has 1 aromatic carbocycles. The van der Waals surface area contributed by atoms with Crippen molar-refractivity contribution in [2.45, 2.75) is 50.9 Å². The first kappa shape index (κ1) is 15.0. The molecule has 1 aliphatic rings. The summed E-state index contributed by atoms with van der Waals surface area (Å²) in [5.74, 6) is -2.47. The van der Waals surface area contributed by atoms with Crippen molar-refractivity contribution < 1.29 is 18.3 Å². The molecule has 0 saturated heterocycles. The first-order valence-corrected chi connectivity index (χ1v) is 7.61. The molecule has 0 aliphatic heterocycles. The Morgan fingerprint density at radius 2 is 1.95 bits per heavy atom. The molecule has 118 valence electrons. The first-order chi connectivity index (χ1) is 10.4. The Labute approximate surface area is 127 Å². The Kier molecular flexibility index (Phi) is 3.67. The van der Waals surface area contributed by atoms with E-state index in [1.807, 2.05) is 6.92 Å². The van der Waals surface area contributed by atoms with E-state index in [1.54, 1.807) is 18.2 Å². The number of fused-ring (bicyclic) bond motifs is 1. The van der Waals surface area contributed by atoms with Gasteiger partial charge in [-0.3, -0.25) is 5.41 Å². The Balaban J connectivity index is 2.01. The monoisotopic (exact) mass is 307 g/mol. The van der Waals surface area contributed by atoms with Crippen LogP contribution in [0.15, 0.2) is 22.6 Å². The van der Waals surface area contributed by atoms with E-state index in [1.165, 1.54) is 0 Å². The number of phenols is 1. The Hall–Kier alpha value is -1.91. The van der Waals surface area contributed by atoms with Crippen LogP contribution in [0.4, 0.5) is 8.78 Å². The van der Waals surface area contributed by atoms with Crippen LogP contribution in [-0.4, -0.2) is 11.0 Å². The van der Waals surface area contributed by atoms with Gasteiger partial charge in [0, 0.05) is 18.4 Å². The van der Waals surface area contributed by atoms with Gasteiger partial charge in [-0.2, -0.15) is 0 Å². The summed E-state index contributed by atoms with van der Waals surface area (Å²) in [5, 5.41) is 18.6. The van der Waals surface area contributed by atoms with Gasteiger partial charge in [-0.15, -0.1) is 0 Å². The van der Waals surface area contributed by atoms with Crippen LogP contribution >= 0.6 is 0 Å². The van der Waals surface area contributed by atoms with Gasteiger partial charge in [0.1, 0.15) is 11.3 Å². The number of hydrogen-bond donors (Lipinski definition) is 2. The van der Waals surface area contributed by atoms with Gasteiger partial charge in [0.2, 0.25) is 11.5 Å². The van der Waals surface area contributed by atoms with Crippen LogP contribution in [0.3, 0.4) is 0 Å². The van der Waals surface area contributed by atoms with Crippen LogP contribution in [0.2, 0.25) is 0 Å². The summed E-state index contributed by atoms with van der Waals surface area (Å²) in [6.45, 7) is 1.92. The lowest BCUT2D eigenvalue weighted by Gasteiger charge is -2.28. The molecule has 0 atom stereocenters. The third kappa shape index (κ3) is 2.72. The summed E-state index contributed by atoms with van der Waals surface area (Å²) in [5.41, 5.74) is 2.07. The average Bonchev–Trinajstić information content (AvgIpc) is 2.46. The second kappa shape index (κ2) is 5.38. The molecule has 1 fully saturated rings. The summed E-state index contributed by atoms with van der Waals surface area (Å²) in [7, 11) is 0. The van der Waals surface area contributed by atoms with E-state index < -0.39 is 5.92 Å². The minimum Gasteiger partial charge on any atom is -0.507 e. The predicted molar refractivity (Wildman–Crippen MR) is 79.3 cm³/mol. The highest BCUT2D eigenvalue weighted by atomic mass is 19.3. The van der Waals surface area contributed by atoms with Crippen molar-refractivity contribution in [3.63, 3.8) is 0 Å². The molecule has 3 rings (SSSR count). The highest BCUT2D eigenvalue weighted by Gasteiger charge is 2.35. The van der Waals surface area contributed by atoms with Crippen molar-refractivity contribution in [1.82, 2.24) is 0 Å². The van der Waals surface area contributed by atoms with E-state index in [0.29, 0.717) is 30.2 Å². The normalized spacial score (nSPS) is 18.7. The minimum absolute atomic E-state index is 0.00478. The van der Waals surface area contributed by atoms with Gasteiger partial charge in [-0.05, 0) is 48.9 Å². The maximum atomic E-state index is 13.3. The van der Waals surface area contributed by atoms with Gasteiger partial charge in [-0.1, -0.05) is 6.92 Å². The molecule has 0 spiro atoms. The second-order valence-corrected chi connectivity index (χ2v) is 6.04. The van der Waals surface area contributed by atoms with Crippen molar-refractivity contribution in [1.29, 1.82) is 5.41 Å². The topological polar surface area (TPSA) is 57.2 Å². The third-order valence-corrected chi connectivity index (χ3v) is 4.53. The fourth-order valence-electron chi connectivity index (χ4n) is 3.15. The van der Waals surface area contributed by atoms with Crippen molar-refractivity contribution in [2.75, 3.05) is 0 Å². The average molecular weight is 307 g/mol. The number of alkyl halides is 2. The SMILES string of the molecule is CCc1cc2c(O)cc(C3CCC(F)(F)CC3)cc2oc1=N. The summed E-state index contributed by atoms with van der Waals surface area (Å²) < 4.78 is 32.0. The van der Waals surface area contributed by atoms with E-state index >= 15 is 0 Å². The van der Waals surface area contributed by atoms with Crippen LogP contribution in [0.5, 0.6) is 5.75 Å². The summed E-state index contributed by atoms with van der Waals surface area (Å²) in [4.78, 5) is 0. The molecule has 1 saturated carbocycles. The van der Waals surface area contributed by atoms with E-state index in [9.17, 15) is 13.9 Å². The molecule has 22 heavy (non-hydrogen) atoms. The molecule has 1 aromatic heterocycles. The van der Waals surface area contributed by atoms with E-state index in [2.05, 4.69) is 0 Å². The highest BCUT2D eigenvalue weighted by Crippen LogP contribution is 2.42. The molecule has 2 N–H and O–H groups in total. The van der Waals surface area contributed by atoms with Crippen molar-refractivity contribution >= 4 is 11.0 Å². The third-order valence-electron chi connectivity index (χ3n) is 4.53. The van der Waals surface area contributed by atoms with Gasteiger partial charge in [0.15, 0.2) is 0 Å². The van der Waals surface area contributed by atoms with Gasteiger partial charge in [0.25, 0.3) is 0 Å². The number of phenolic OH excluding ortho intramolecular Hbond substituents is 1. The zero-order valence-electron chi connectivity index (χ0n) is 12.5. The molecule has 2 aromatic rings. The molecule has 0 bridgehead atoms. The largest absolute Gasteiger partial charge is 0.507 e. The van der Waals surface area contributed by atoms with Crippen LogP contribution < -0.4 is 5.55 Å². The number of nitrogens with one attached hydrogen (secondary N) is 1.